The third kappa shape index (κ3) is 23.0. The second-order valence-corrected chi connectivity index (χ2v) is 28.0. The van der Waals surface area contributed by atoms with Crippen LogP contribution in [-0.4, -0.2) is 293 Å². The fourth-order valence-electron chi connectivity index (χ4n) is 13.9. The third-order valence-corrected chi connectivity index (χ3v) is 20.2. The summed E-state index contributed by atoms with van der Waals surface area (Å²) in [5, 5.41) is 155. The Balaban J connectivity index is 0.992. The number of unbranched alkanes of at least 4 members (excludes halogenated alkanes) is 10. The van der Waals surface area contributed by atoms with Gasteiger partial charge in [0.1, 0.15) is 104 Å². The lowest BCUT2D eigenvalue weighted by Crippen LogP contribution is -2.67. The maximum Gasteiger partial charge on any atom is 0.306 e. The lowest BCUT2D eigenvalue weighted by molar-refractivity contribution is -0.393. The van der Waals surface area contributed by atoms with Crippen molar-refractivity contribution < 1.29 is 147 Å². The number of fused-ring (bicyclic) bond motifs is 3. The molecule has 7 heterocycles. The molecule has 7 saturated heterocycles. The van der Waals surface area contributed by atoms with Crippen LogP contribution in [0.1, 0.15) is 208 Å². The number of ether oxygens (including phenoxy) is 14. The molecule has 31 unspecified atom stereocenters. The van der Waals surface area contributed by atoms with Crippen LogP contribution in [0, 0.1) is 0 Å². The van der Waals surface area contributed by atoms with Crippen molar-refractivity contribution in [3.8, 4) is 0 Å². The van der Waals surface area contributed by atoms with Crippen LogP contribution in [0.5, 0.6) is 0 Å². The average molecular weight is 1420 g/mol. The molecular formula is C68H120O30. The van der Waals surface area contributed by atoms with Gasteiger partial charge in [-0.3, -0.25) is 9.59 Å². The molecule has 32 atom stereocenters. The second kappa shape index (κ2) is 41.6. The van der Waals surface area contributed by atoms with Crippen LogP contribution in [0.3, 0.4) is 0 Å². The van der Waals surface area contributed by atoms with E-state index in [2.05, 4.69) is 13.8 Å². The topological polar surface area (TPSA) is 447 Å². The second-order valence-electron chi connectivity index (χ2n) is 28.0. The average Bonchev–Trinajstić information content (AvgIpc) is 0.780. The smallest absolute Gasteiger partial charge is 0.306 e. The Bertz CT molecular complexity index is 2250. The standard InChI is InChI=1S/C68H120O30/c1-7-9-21-27-39(89-64-59(53(81)47(75)36(4)86-64)96-67-61(55(83)49(77)41(33-69)91-67)95-63-56(84)51(79)45(73)35(3)85-63)29-23-17-13-11-15-19-25-31-43(71)93-57-50(78)42(34-70)92-68-62(57)98-66-58(52(80)46(74)38(6)88-66)94-44(72)32-26-20-16-12-14-18-24-30-40(28-22-10-8-2)90-65-60(97-68)54(82)48(76)37(5)87-65/h35-42,45-70,73-84H,7-34H2,1-6H3/t35?,36?,37?,38?,39?,40-,41?,42?,45?,46?,47?,48?,49?,50?,51?,52?,53?,54?,55?,56?,57?,58?,59?,60?,61?,62?,63?,64?,65?,66?,67?,68?/m0/s1. The maximum atomic E-state index is 14.1. The summed E-state index contributed by atoms with van der Waals surface area (Å²) in [5.74, 6) is -1.47. The largest absolute Gasteiger partial charge is 0.456 e. The predicted octanol–water partition coefficient (Wildman–Crippen LogP) is 1.06. The highest BCUT2D eigenvalue weighted by atomic mass is 16.8. The SMILES string of the molecule is CCCCCC(CCCCCCCCCC(=O)OC1C(O)C(CO)OC2OC3C(OC(C)C(O)C3O)O[C@@H](CCCCC)CCCCCCCCCC(=O)OC3C(OC(C)C(O)C3O)OC21)OC1OC(C)C(O)C(O)C1OC1OC(CO)C(O)C(O)C1OC1OC(C)C(O)C(O)C1O. The molecule has 0 aromatic heterocycles. The van der Waals surface area contributed by atoms with Crippen LogP contribution in [0.4, 0.5) is 0 Å². The number of aliphatic hydroxyl groups is 14. The lowest BCUT2D eigenvalue weighted by atomic mass is 9.96. The highest BCUT2D eigenvalue weighted by Gasteiger charge is 2.58. The van der Waals surface area contributed by atoms with Gasteiger partial charge in [-0.15, -0.1) is 0 Å². The minimum atomic E-state index is -1.85. The number of rotatable bonds is 27. The fourth-order valence-corrected chi connectivity index (χ4v) is 13.9. The first-order valence-corrected chi connectivity index (χ1v) is 36.6. The Morgan fingerprint density at radius 3 is 1.55 bits per heavy atom. The summed E-state index contributed by atoms with van der Waals surface area (Å²) in [6, 6.07) is 0. The first kappa shape index (κ1) is 83.2. The molecule has 572 valence electrons. The van der Waals surface area contributed by atoms with Gasteiger partial charge in [0.2, 0.25) is 0 Å². The van der Waals surface area contributed by atoms with Crippen molar-refractivity contribution in [1.29, 1.82) is 0 Å². The van der Waals surface area contributed by atoms with Gasteiger partial charge in [-0.25, -0.2) is 0 Å². The zero-order valence-electron chi connectivity index (χ0n) is 58.1. The molecule has 0 bridgehead atoms. The van der Waals surface area contributed by atoms with E-state index in [9.17, 15) is 81.1 Å². The summed E-state index contributed by atoms with van der Waals surface area (Å²) in [6.45, 7) is 8.57. The summed E-state index contributed by atoms with van der Waals surface area (Å²) in [4.78, 5) is 27.5. The molecule has 7 fully saturated rings. The zero-order chi connectivity index (χ0) is 71.3. The van der Waals surface area contributed by atoms with Gasteiger partial charge >= 0.3 is 11.9 Å². The number of aliphatic hydroxyl groups excluding tert-OH is 14. The Morgan fingerprint density at radius 1 is 0.429 bits per heavy atom. The lowest BCUT2D eigenvalue weighted by Gasteiger charge is -2.49. The highest BCUT2D eigenvalue weighted by molar-refractivity contribution is 5.70. The van der Waals surface area contributed by atoms with E-state index in [1.54, 1.807) is 13.8 Å². The first-order chi connectivity index (χ1) is 46.9. The summed E-state index contributed by atoms with van der Waals surface area (Å²) in [5.41, 5.74) is 0. The van der Waals surface area contributed by atoms with Crippen molar-refractivity contribution in [2.45, 2.75) is 405 Å². The van der Waals surface area contributed by atoms with Gasteiger partial charge in [-0.05, 0) is 66.2 Å². The molecule has 0 radical (unpaired) electrons. The third-order valence-electron chi connectivity index (χ3n) is 20.2. The molecular weight excluding hydrogens is 1300 g/mol. The van der Waals surface area contributed by atoms with Crippen LogP contribution < -0.4 is 0 Å². The Kier molecular flexibility index (Phi) is 35.3. The number of carbonyl (C=O) groups is 2. The summed E-state index contributed by atoms with van der Waals surface area (Å²) < 4.78 is 86.5. The normalized spacial score (nSPS) is 43.3. The van der Waals surface area contributed by atoms with E-state index in [4.69, 9.17) is 66.3 Å². The van der Waals surface area contributed by atoms with Gasteiger partial charge in [0, 0.05) is 12.8 Å². The van der Waals surface area contributed by atoms with E-state index in [1.807, 2.05) is 0 Å². The Hall–Kier alpha value is -2.10. The molecule has 0 spiro atoms. The van der Waals surface area contributed by atoms with E-state index in [-0.39, 0.29) is 18.9 Å². The van der Waals surface area contributed by atoms with Crippen LogP contribution in [0.2, 0.25) is 0 Å². The van der Waals surface area contributed by atoms with E-state index < -0.39 is 215 Å². The fraction of sp³-hybridized carbons (Fsp3) is 0.971. The molecule has 0 amide bonds. The molecule has 7 aliphatic rings. The van der Waals surface area contributed by atoms with Crippen molar-refractivity contribution in [2.75, 3.05) is 13.2 Å². The first-order valence-electron chi connectivity index (χ1n) is 36.6. The van der Waals surface area contributed by atoms with Crippen LogP contribution >= 0.6 is 0 Å². The minimum Gasteiger partial charge on any atom is -0.456 e. The molecule has 0 aliphatic carbocycles. The number of hydrogen-bond donors (Lipinski definition) is 14. The van der Waals surface area contributed by atoms with Crippen molar-refractivity contribution >= 4 is 11.9 Å². The Labute approximate surface area is 575 Å². The highest BCUT2D eigenvalue weighted by Crippen LogP contribution is 2.39. The van der Waals surface area contributed by atoms with Gasteiger partial charge in [0.15, 0.2) is 56.1 Å². The predicted molar refractivity (Wildman–Crippen MR) is 341 cm³/mol. The Morgan fingerprint density at radius 2 is 0.908 bits per heavy atom. The molecule has 7 aliphatic heterocycles. The number of esters is 2. The monoisotopic (exact) mass is 1420 g/mol. The van der Waals surface area contributed by atoms with Gasteiger partial charge in [-0.2, -0.15) is 0 Å². The van der Waals surface area contributed by atoms with E-state index in [1.165, 1.54) is 13.8 Å². The molecule has 0 aromatic rings. The van der Waals surface area contributed by atoms with Gasteiger partial charge < -0.3 is 138 Å². The molecule has 98 heavy (non-hydrogen) atoms. The quantitative estimate of drug-likeness (QED) is 0.0404. The van der Waals surface area contributed by atoms with E-state index in [0.717, 1.165) is 103 Å². The summed E-state index contributed by atoms with van der Waals surface area (Å²) in [6.07, 6.45) is -28.7. The van der Waals surface area contributed by atoms with Crippen molar-refractivity contribution in [2.24, 2.45) is 0 Å². The van der Waals surface area contributed by atoms with Crippen molar-refractivity contribution in [3.63, 3.8) is 0 Å². The van der Waals surface area contributed by atoms with Crippen molar-refractivity contribution in [1.82, 2.24) is 0 Å². The van der Waals surface area contributed by atoms with Gasteiger partial charge in [-0.1, -0.05) is 129 Å². The molecule has 30 heteroatoms. The molecule has 14 N–H and O–H groups in total. The number of carbonyl (C=O) groups excluding carboxylic acids is 2. The summed E-state index contributed by atoms with van der Waals surface area (Å²) in [7, 11) is 0. The van der Waals surface area contributed by atoms with Crippen LogP contribution in [0.25, 0.3) is 0 Å². The van der Waals surface area contributed by atoms with Crippen molar-refractivity contribution in [3.05, 3.63) is 0 Å². The van der Waals surface area contributed by atoms with Gasteiger partial charge in [0.05, 0.1) is 49.8 Å². The molecule has 0 saturated carbocycles. The summed E-state index contributed by atoms with van der Waals surface area (Å²) >= 11 is 0. The van der Waals surface area contributed by atoms with E-state index in [0.29, 0.717) is 51.4 Å². The molecule has 0 aromatic carbocycles. The maximum absolute atomic E-state index is 14.1. The number of hydrogen-bond acceptors (Lipinski definition) is 30. The van der Waals surface area contributed by atoms with Crippen LogP contribution in [-0.2, 0) is 75.9 Å². The van der Waals surface area contributed by atoms with Crippen LogP contribution in [0.15, 0.2) is 0 Å². The van der Waals surface area contributed by atoms with Gasteiger partial charge in [0.25, 0.3) is 0 Å². The minimum absolute atomic E-state index is 0.0112. The molecule has 30 nitrogen and oxygen atoms in total. The zero-order valence-corrected chi connectivity index (χ0v) is 58.1. The molecule has 7 rings (SSSR count). The van der Waals surface area contributed by atoms with E-state index >= 15 is 0 Å².